The Kier molecular flexibility index (Phi) is 5.98. The van der Waals surface area contributed by atoms with Gasteiger partial charge >= 0.3 is 0 Å². The summed E-state index contributed by atoms with van der Waals surface area (Å²) < 4.78 is 7.30. The second-order valence-electron chi connectivity index (χ2n) is 5.99. The first kappa shape index (κ1) is 17.7. The highest BCUT2D eigenvalue weighted by Gasteiger charge is 2.10. The first-order valence-electron chi connectivity index (χ1n) is 8.66. The van der Waals surface area contributed by atoms with Gasteiger partial charge in [-0.1, -0.05) is 35.5 Å². The number of aromatic nitrogens is 3. The molecule has 0 aliphatic heterocycles. The Morgan fingerprint density at radius 2 is 1.92 bits per heavy atom. The van der Waals surface area contributed by atoms with Crippen LogP contribution in [-0.4, -0.2) is 27.5 Å². The zero-order valence-electron chi connectivity index (χ0n) is 14.7. The average Bonchev–Trinajstić information content (AvgIpc) is 3.21. The fourth-order valence-corrected chi connectivity index (χ4v) is 2.60. The van der Waals surface area contributed by atoms with E-state index >= 15 is 0 Å². The molecule has 0 aliphatic carbocycles. The molecule has 1 unspecified atom stereocenters. The van der Waals surface area contributed by atoms with E-state index in [0.717, 1.165) is 17.0 Å². The standard InChI is InChI=1S/C20H22N4O2/c1-16(17-9-11-18(12-10-17)24-14-13-21-23-24)22-20(25)8-5-15-26-19-6-3-2-4-7-19/h2-4,6-7,9-14,16H,5,8,15H2,1H3,(H,22,25). The third-order valence-electron chi connectivity index (χ3n) is 4.02. The summed E-state index contributed by atoms with van der Waals surface area (Å²) >= 11 is 0. The first-order chi connectivity index (χ1) is 12.7. The van der Waals surface area contributed by atoms with Crippen molar-refractivity contribution in [2.75, 3.05) is 6.61 Å². The minimum Gasteiger partial charge on any atom is -0.494 e. The number of hydrogen-bond acceptors (Lipinski definition) is 4. The molecule has 1 N–H and O–H groups in total. The molecule has 134 valence electrons. The molecule has 0 aliphatic rings. The molecular formula is C20H22N4O2. The molecule has 6 heteroatoms. The Balaban J connectivity index is 1.42. The highest BCUT2D eigenvalue weighted by molar-refractivity contribution is 5.76. The number of rotatable bonds is 8. The quantitative estimate of drug-likeness (QED) is 0.633. The van der Waals surface area contributed by atoms with Crippen molar-refractivity contribution in [1.29, 1.82) is 0 Å². The summed E-state index contributed by atoms with van der Waals surface area (Å²) in [5.74, 6) is 0.850. The first-order valence-corrected chi connectivity index (χ1v) is 8.66. The van der Waals surface area contributed by atoms with Crippen LogP contribution in [0.5, 0.6) is 5.75 Å². The molecule has 0 radical (unpaired) electrons. The maximum absolute atomic E-state index is 12.1. The second kappa shape index (κ2) is 8.80. The summed E-state index contributed by atoms with van der Waals surface area (Å²) in [7, 11) is 0. The molecule has 0 bridgehead atoms. The predicted octanol–water partition coefficient (Wildman–Crippen LogP) is 3.30. The van der Waals surface area contributed by atoms with E-state index in [4.69, 9.17) is 4.74 Å². The van der Waals surface area contributed by atoms with E-state index in [1.54, 1.807) is 17.1 Å². The Hall–Kier alpha value is -3.15. The summed E-state index contributed by atoms with van der Waals surface area (Å²) in [5.41, 5.74) is 1.98. The molecule has 0 fully saturated rings. The minimum absolute atomic E-state index is 0.0227. The van der Waals surface area contributed by atoms with Crippen LogP contribution in [0, 0.1) is 0 Å². The minimum atomic E-state index is -0.0534. The van der Waals surface area contributed by atoms with Crippen LogP contribution in [0.1, 0.15) is 31.4 Å². The molecule has 3 rings (SSSR count). The van der Waals surface area contributed by atoms with E-state index in [9.17, 15) is 4.79 Å². The van der Waals surface area contributed by atoms with E-state index in [1.807, 2.05) is 61.5 Å². The topological polar surface area (TPSA) is 69.0 Å². The maximum Gasteiger partial charge on any atom is 0.220 e. The molecule has 1 aromatic heterocycles. The lowest BCUT2D eigenvalue weighted by Crippen LogP contribution is -2.26. The van der Waals surface area contributed by atoms with Crippen LogP contribution >= 0.6 is 0 Å². The Labute approximate surface area is 152 Å². The van der Waals surface area contributed by atoms with Crippen LogP contribution < -0.4 is 10.1 Å². The van der Waals surface area contributed by atoms with Crippen molar-refractivity contribution >= 4 is 5.91 Å². The lowest BCUT2D eigenvalue weighted by atomic mass is 10.1. The number of amides is 1. The number of para-hydroxylation sites is 1. The van der Waals surface area contributed by atoms with Crippen molar-refractivity contribution in [2.24, 2.45) is 0 Å². The van der Waals surface area contributed by atoms with Crippen LogP contribution in [0.4, 0.5) is 0 Å². The summed E-state index contributed by atoms with van der Waals surface area (Å²) in [5, 5.41) is 10.8. The monoisotopic (exact) mass is 350 g/mol. The predicted molar refractivity (Wildman–Crippen MR) is 99.1 cm³/mol. The number of nitrogens with one attached hydrogen (secondary N) is 1. The van der Waals surface area contributed by atoms with Gasteiger partial charge in [-0.05, 0) is 43.2 Å². The molecule has 6 nitrogen and oxygen atoms in total. The van der Waals surface area contributed by atoms with Gasteiger partial charge in [-0.15, -0.1) is 5.10 Å². The van der Waals surface area contributed by atoms with Crippen LogP contribution in [0.3, 0.4) is 0 Å². The van der Waals surface area contributed by atoms with Crippen molar-refractivity contribution < 1.29 is 9.53 Å². The zero-order valence-corrected chi connectivity index (χ0v) is 14.7. The van der Waals surface area contributed by atoms with Crippen LogP contribution in [0.2, 0.25) is 0 Å². The summed E-state index contributed by atoms with van der Waals surface area (Å²) in [6.07, 6.45) is 4.54. The Morgan fingerprint density at radius 3 is 2.62 bits per heavy atom. The zero-order chi connectivity index (χ0) is 18.2. The number of hydrogen-bond donors (Lipinski definition) is 1. The van der Waals surface area contributed by atoms with Crippen LogP contribution in [-0.2, 0) is 4.79 Å². The van der Waals surface area contributed by atoms with Gasteiger partial charge in [0.05, 0.1) is 30.7 Å². The second-order valence-corrected chi connectivity index (χ2v) is 5.99. The molecule has 1 atom stereocenters. The number of benzene rings is 2. The number of ether oxygens (including phenoxy) is 1. The van der Waals surface area contributed by atoms with Gasteiger partial charge < -0.3 is 10.1 Å². The van der Waals surface area contributed by atoms with E-state index in [0.29, 0.717) is 19.4 Å². The summed E-state index contributed by atoms with van der Waals surface area (Å²) in [4.78, 5) is 12.1. The molecule has 0 saturated heterocycles. The number of nitrogens with zero attached hydrogens (tertiary/aromatic N) is 3. The molecule has 3 aromatic rings. The highest BCUT2D eigenvalue weighted by atomic mass is 16.5. The van der Waals surface area contributed by atoms with E-state index in [-0.39, 0.29) is 11.9 Å². The molecule has 0 spiro atoms. The van der Waals surface area contributed by atoms with Gasteiger partial charge in [0.15, 0.2) is 0 Å². The molecule has 0 saturated carbocycles. The van der Waals surface area contributed by atoms with Gasteiger partial charge in [-0.3, -0.25) is 4.79 Å². The van der Waals surface area contributed by atoms with E-state index < -0.39 is 0 Å². The fourth-order valence-electron chi connectivity index (χ4n) is 2.60. The van der Waals surface area contributed by atoms with Gasteiger partial charge in [0.25, 0.3) is 0 Å². The molecule has 1 heterocycles. The van der Waals surface area contributed by atoms with Gasteiger partial charge in [-0.2, -0.15) is 0 Å². The number of carbonyl (C=O) groups excluding carboxylic acids is 1. The summed E-state index contributed by atoms with van der Waals surface area (Å²) in [6.45, 7) is 2.50. The van der Waals surface area contributed by atoms with Crippen molar-refractivity contribution in [3.63, 3.8) is 0 Å². The highest BCUT2D eigenvalue weighted by Crippen LogP contribution is 2.15. The van der Waals surface area contributed by atoms with E-state index in [1.165, 1.54) is 0 Å². The fraction of sp³-hybridized carbons (Fsp3) is 0.250. The van der Waals surface area contributed by atoms with Crippen molar-refractivity contribution in [1.82, 2.24) is 20.3 Å². The van der Waals surface area contributed by atoms with E-state index in [2.05, 4.69) is 15.6 Å². The third-order valence-corrected chi connectivity index (χ3v) is 4.02. The maximum atomic E-state index is 12.1. The lowest BCUT2D eigenvalue weighted by Gasteiger charge is -2.15. The van der Waals surface area contributed by atoms with Gasteiger partial charge in [0, 0.05) is 6.42 Å². The Bertz CT molecular complexity index is 802. The average molecular weight is 350 g/mol. The summed E-state index contributed by atoms with van der Waals surface area (Å²) in [6, 6.07) is 17.5. The smallest absolute Gasteiger partial charge is 0.220 e. The third kappa shape index (κ3) is 4.92. The van der Waals surface area contributed by atoms with Gasteiger partial charge in [-0.25, -0.2) is 4.68 Å². The van der Waals surface area contributed by atoms with Crippen LogP contribution in [0.15, 0.2) is 67.0 Å². The molecule has 26 heavy (non-hydrogen) atoms. The lowest BCUT2D eigenvalue weighted by molar-refractivity contribution is -0.121. The van der Waals surface area contributed by atoms with Gasteiger partial charge in [0.1, 0.15) is 5.75 Å². The molecule has 2 aromatic carbocycles. The van der Waals surface area contributed by atoms with Gasteiger partial charge in [0.2, 0.25) is 5.91 Å². The van der Waals surface area contributed by atoms with Crippen molar-refractivity contribution in [3.05, 3.63) is 72.6 Å². The van der Waals surface area contributed by atoms with Crippen LogP contribution in [0.25, 0.3) is 5.69 Å². The largest absolute Gasteiger partial charge is 0.494 e. The number of carbonyl (C=O) groups is 1. The SMILES string of the molecule is CC(NC(=O)CCCOc1ccccc1)c1ccc(-n2ccnn2)cc1. The van der Waals surface area contributed by atoms with Crippen molar-refractivity contribution in [3.8, 4) is 11.4 Å². The molecule has 1 amide bonds. The Morgan fingerprint density at radius 1 is 1.15 bits per heavy atom. The normalized spacial score (nSPS) is 11.7. The molecular weight excluding hydrogens is 328 g/mol. The van der Waals surface area contributed by atoms with Crippen molar-refractivity contribution in [2.45, 2.75) is 25.8 Å².